The first kappa shape index (κ1) is 31.7. The summed E-state index contributed by atoms with van der Waals surface area (Å²) in [6, 6.07) is 6.72. The predicted molar refractivity (Wildman–Crippen MR) is 181 cm³/mol. The molecule has 6 heterocycles. The van der Waals surface area contributed by atoms with E-state index in [2.05, 4.69) is 20.8 Å². The minimum absolute atomic E-state index is 0.0353. The second-order valence-corrected chi connectivity index (χ2v) is 15.2. The number of benzene rings is 1. The van der Waals surface area contributed by atoms with Crippen LogP contribution in [0.3, 0.4) is 0 Å². The molecule has 5 aliphatic heterocycles. The number of aromatic nitrogens is 2. The van der Waals surface area contributed by atoms with Crippen molar-refractivity contribution in [1.29, 1.82) is 0 Å². The van der Waals surface area contributed by atoms with Gasteiger partial charge in [-0.3, -0.25) is 9.80 Å². The number of halogens is 1. The minimum atomic E-state index is -0.828. The van der Waals surface area contributed by atoms with Crippen LogP contribution in [0.5, 0.6) is 6.01 Å². The van der Waals surface area contributed by atoms with Crippen molar-refractivity contribution in [2.75, 3.05) is 63.3 Å². The molecule has 2 amide bonds. The van der Waals surface area contributed by atoms with E-state index >= 15 is 0 Å². The van der Waals surface area contributed by atoms with Crippen LogP contribution in [-0.2, 0) is 17.7 Å². The van der Waals surface area contributed by atoms with Gasteiger partial charge in [-0.2, -0.15) is 9.97 Å². The summed E-state index contributed by atoms with van der Waals surface area (Å²) in [6.07, 6.45) is 7.78. The van der Waals surface area contributed by atoms with Gasteiger partial charge in [-0.05, 0) is 87.9 Å². The molecule has 1 aromatic heterocycles. The van der Waals surface area contributed by atoms with E-state index in [1.807, 2.05) is 12.1 Å². The highest BCUT2D eigenvalue weighted by Gasteiger charge is 2.50. The van der Waals surface area contributed by atoms with Crippen molar-refractivity contribution in [2.24, 2.45) is 0 Å². The lowest BCUT2D eigenvalue weighted by molar-refractivity contribution is 0.0482. The molecule has 2 unspecified atom stereocenters. The molecule has 1 aliphatic carbocycles. The van der Waals surface area contributed by atoms with Gasteiger partial charge in [0.05, 0.1) is 29.9 Å². The third-order valence-corrected chi connectivity index (χ3v) is 12.0. The number of piperazine rings is 1. The molecule has 0 radical (unpaired) electrons. The lowest BCUT2D eigenvalue weighted by Crippen LogP contribution is -2.56. The maximum atomic E-state index is 12.1. The average molecular weight is 680 g/mol. The minimum Gasteiger partial charge on any atom is -0.465 e. The van der Waals surface area contributed by atoms with Crippen LogP contribution in [0.4, 0.5) is 21.1 Å². The van der Waals surface area contributed by atoms with E-state index in [0.717, 1.165) is 80.1 Å². The normalized spacial score (nSPS) is 28.0. The van der Waals surface area contributed by atoms with Crippen molar-refractivity contribution in [1.82, 2.24) is 24.7 Å². The zero-order valence-electron chi connectivity index (χ0n) is 27.9. The molecule has 48 heavy (non-hydrogen) atoms. The molecular formula is C35H46ClN7O5. The van der Waals surface area contributed by atoms with Crippen LogP contribution < -0.4 is 14.5 Å². The zero-order valence-corrected chi connectivity index (χ0v) is 28.7. The summed E-state index contributed by atoms with van der Waals surface area (Å²) in [4.78, 5) is 44.7. The number of ether oxygens (including phenoxy) is 2. The Balaban J connectivity index is 1.07. The second kappa shape index (κ2) is 12.4. The predicted octanol–water partition coefficient (Wildman–Crippen LogP) is 4.98. The number of anilines is 2. The Hall–Kier alpha value is -3.51. The number of nitrogens with zero attached hydrogens (tertiary/aromatic N) is 7. The third kappa shape index (κ3) is 5.68. The number of hydrogen-bond acceptors (Lipinski definition) is 9. The SMILES string of the molecule is CN(C)C(=O)OCC1CCC2(COc3nc4c(c(N5C[C@H]6CC[C@@H](C5)N6C(=O)O)n3)CCN(c3cccc(Cl)c3C3CC3)C4)CCCN12. The molecule has 8 rings (SSSR count). The first-order valence-electron chi connectivity index (χ1n) is 17.6. The summed E-state index contributed by atoms with van der Waals surface area (Å²) in [5.41, 5.74) is 4.42. The maximum absolute atomic E-state index is 12.1. The van der Waals surface area contributed by atoms with Gasteiger partial charge in [0.1, 0.15) is 19.0 Å². The van der Waals surface area contributed by atoms with Gasteiger partial charge in [0.25, 0.3) is 0 Å². The molecule has 4 saturated heterocycles. The van der Waals surface area contributed by atoms with E-state index in [1.165, 1.54) is 29.0 Å². The van der Waals surface area contributed by atoms with Crippen LogP contribution in [0.2, 0.25) is 5.02 Å². The van der Waals surface area contributed by atoms with Crippen LogP contribution in [-0.4, -0.2) is 119 Å². The zero-order chi connectivity index (χ0) is 33.2. The summed E-state index contributed by atoms with van der Waals surface area (Å²) in [5.74, 6) is 1.41. The fourth-order valence-electron chi connectivity index (χ4n) is 9.17. The van der Waals surface area contributed by atoms with E-state index in [-0.39, 0.29) is 29.8 Å². The standard InChI is InChI=1S/C35H46ClN7O5/c1-39(2)34(46)47-20-25-11-14-35(13-4-15-42(25)35)21-48-32-37-28-19-40(29-6-3-5-27(36)30(29)22-7-8-22)16-12-26(28)31(38-32)41-17-23-9-10-24(18-41)43(23)33(44)45/h3,5-6,22-25H,4,7-21H2,1-2H3,(H,44,45)/t23-,24+,25?,35?. The molecule has 6 aliphatic rings. The molecule has 1 saturated carbocycles. The Kier molecular flexibility index (Phi) is 8.22. The number of hydrogen-bond donors (Lipinski definition) is 1. The second-order valence-electron chi connectivity index (χ2n) is 14.8. The maximum Gasteiger partial charge on any atom is 0.409 e. The number of carbonyl (C=O) groups excluding carboxylic acids is 1. The van der Waals surface area contributed by atoms with E-state index in [0.29, 0.717) is 44.8 Å². The van der Waals surface area contributed by atoms with Crippen molar-refractivity contribution in [2.45, 2.75) is 93.9 Å². The first-order valence-corrected chi connectivity index (χ1v) is 18.0. The highest BCUT2D eigenvalue weighted by atomic mass is 35.5. The lowest BCUT2D eigenvalue weighted by Gasteiger charge is -2.41. The lowest BCUT2D eigenvalue weighted by atomic mass is 9.95. The van der Waals surface area contributed by atoms with Crippen molar-refractivity contribution in [3.05, 3.63) is 40.0 Å². The van der Waals surface area contributed by atoms with Gasteiger partial charge in [0, 0.05) is 56.0 Å². The first-order chi connectivity index (χ1) is 23.2. The number of carboxylic acid groups (broad SMARTS) is 1. The van der Waals surface area contributed by atoms with Gasteiger partial charge in [-0.1, -0.05) is 17.7 Å². The number of rotatable bonds is 8. The van der Waals surface area contributed by atoms with Crippen LogP contribution >= 0.6 is 11.6 Å². The molecule has 1 N–H and O–H groups in total. The van der Waals surface area contributed by atoms with Gasteiger partial charge < -0.3 is 29.3 Å². The van der Waals surface area contributed by atoms with Crippen LogP contribution in [0.1, 0.15) is 74.1 Å². The topological polar surface area (TPSA) is 115 Å². The Morgan fingerprint density at radius 2 is 1.83 bits per heavy atom. The largest absolute Gasteiger partial charge is 0.465 e. The fraction of sp³-hybridized carbons (Fsp3) is 0.657. The molecular weight excluding hydrogens is 634 g/mol. The average Bonchev–Trinajstić information content (AvgIpc) is 3.65. The molecule has 13 heteroatoms. The van der Waals surface area contributed by atoms with Crippen LogP contribution in [0, 0.1) is 0 Å². The quantitative estimate of drug-likeness (QED) is 0.410. The Morgan fingerprint density at radius 1 is 1.04 bits per heavy atom. The number of amides is 2. The van der Waals surface area contributed by atoms with Crippen LogP contribution in [0.25, 0.3) is 0 Å². The molecule has 2 bridgehead atoms. The molecule has 12 nitrogen and oxygen atoms in total. The summed E-state index contributed by atoms with van der Waals surface area (Å²) >= 11 is 6.75. The molecule has 258 valence electrons. The smallest absolute Gasteiger partial charge is 0.409 e. The molecule has 0 spiro atoms. The van der Waals surface area contributed by atoms with Gasteiger partial charge in [0.15, 0.2) is 0 Å². The van der Waals surface area contributed by atoms with E-state index in [9.17, 15) is 14.7 Å². The van der Waals surface area contributed by atoms with Crippen molar-refractivity contribution in [3.63, 3.8) is 0 Å². The molecule has 5 fully saturated rings. The van der Waals surface area contributed by atoms with Gasteiger partial charge >= 0.3 is 18.2 Å². The third-order valence-electron chi connectivity index (χ3n) is 11.6. The monoisotopic (exact) mass is 679 g/mol. The van der Waals surface area contributed by atoms with Gasteiger partial charge in [-0.25, -0.2) is 9.59 Å². The van der Waals surface area contributed by atoms with E-state index < -0.39 is 6.09 Å². The highest BCUT2D eigenvalue weighted by molar-refractivity contribution is 6.31. The molecule has 4 atom stereocenters. The Labute approximate surface area is 286 Å². The number of carbonyl (C=O) groups is 2. The fourth-order valence-corrected chi connectivity index (χ4v) is 9.49. The summed E-state index contributed by atoms with van der Waals surface area (Å²) in [7, 11) is 3.41. The van der Waals surface area contributed by atoms with Crippen molar-refractivity contribution in [3.8, 4) is 6.01 Å². The summed E-state index contributed by atoms with van der Waals surface area (Å²) in [6.45, 7) is 4.54. The van der Waals surface area contributed by atoms with E-state index in [4.69, 9.17) is 31.0 Å². The summed E-state index contributed by atoms with van der Waals surface area (Å²) < 4.78 is 12.2. The highest BCUT2D eigenvalue weighted by Crippen LogP contribution is 2.49. The Morgan fingerprint density at radius 3 is 2.56 bits per heavy atom. The van der Waals surface area contributed by atoms with Crippen LogP contribution in [0.15, 0.2) is 18.2 Å². The number of fused-ring (bicyclic) bond motifs is 4. The van der Waals surface area contributed by atoms with Gasteiger partial charge in [-0.15, -0.1) is 0 Å². The summed E-state index contributed by atoms with van der Waals surface area (Å²) in [5, 5.41) is 10.7. The van der Waals surface area contributed by atoms with Crippen molar-refractivity contribution >= 4 is 35.3 Å². The van der Waals surface area contributed by atoms with Gasteiger partial charge in [0.2, 0.25) is 0 Å². The molecule has 1 aromatic carbocycles. The van der Waals surface area contributed by atoms with E-state index in [1.54, 1.807) is 19.0 Å². The Bertz CT molecular complexity index is 1570. The van der Waals surface area contributed by atoms with Crippen molar-refractivity contribution < 1.29 is 24.2 Å². The molecule has 2 aromatic rings.